The SMILES string of the molecule is CCCC[C@H](c1c(-c2ccccc2)nc(-c2ccccc2)n1CCCC)N(Cc1ccc2c(c1)OCC2)CC1CCCCC1. The van der Waals surface area contributed by atoms with E-state index in [0.717, 1.165) is 75.1 Å². The number of unbranched alkanes of at least 4 members (excludes halogenated alkanes) is 2. The lowest BCUT2D eigenvalue weighted by Gasteiger charge is -2.37. The fraction of sp³-hybridized carbons (Fsp3) is 0.475. The number of aromatic nitrogens is 2. The highest BCUT2D eigenvalue weighted by atomic mass is 16.5. The summed E-state index contributed by atoms with van der Waals surface area (Å²) in [5.41, 5.74) is 7.72. The lowest BCUT2D eigenvalue weighted by molar-refractivity contribution is 0.127. The van der Waals surface area contributed by atoms with Gasteiger partial charge in [-0.1, -0.05) is 125 Å². The van der Waals surface area contributed by atoms with Crippen molar-refractivity contribution in [1.82, 2.24) is 14.5 Å². The quantitative estimate of drug-likeness (QED) is 0.147. The Kier molecular flexibility index (Phi) is 10.5. The number of hydrogen-bond acceptors (Lipinski definition) is 3. The number of fused-ring (bicyclic) bond motifs is 1. The van der Waals surface area contributed by atoms with Crippen LogP contribution in [0.5, 0.6) is 5.75 Å². The summed E-state index contributed by atoms with van der Waals surface area (Å²) >= 11 is 0. The van der Waals surface area contributed by atoms with Crippen LogP contribution in [0.2, 0.25) is 0 Å². The molecule has 4 aromatic rings. The maximum atomic E-state index is 6.04. The third-order valence-electron chi connectivity index (χ3n) is 9.77. The molecule has 2 aliphatic rings. The predicted molar refractivity (Wildman–Crippen MR) is 183 cm³/mol. The van der Waals surface area contributed by atoms with Crippen LogP contribution in [0.15, 0.2) is 78.9 Å². The van der Waals surface area contributed by atoms with Crippen molar-refractivity contribution in [2.75, 3.05) is 13.2 Å². The van der Waals surface area contributed by atoms with Crippen molar-refractivity contribution in [3.8, 4) is 28.4 Å². The Labute approximate surface area is 265 Å². The van der Waals surface area contributed by atoms with Crippen LogP contribution in [-0.4, -0.2) is 27.6 Å². The molecule has 0 bridgehead atoms. The zero-order chi connectivity index (χ0) is 30.1. The summed E-state index contributed by atoms with van der Waals surface area (Å²) in [6, 6.07) is 29.1. The zero-order valence-corrected chi connectivity index (χ0v) is 27.0. The summed E-state index contributed by atoms with van der Waals surface area (Å²) in [7, 11) is 0. The third kappa shape index (κ3) is 7.12. The monoisotopic (exact) mass is 589 g/mol. The summed E-state index contributed by atoms with van der Waals surface area (Å²) in [4.78, 5) is 8.38. The van der Waals surface area contributed by atoms with Gasteiger partial charge in [-0.2, -0.15) is 0 Å². The normalized spacial score (nSPS) is 15.8. The maximum absolute atomic E-state index is 6.04. The van der Waals surface area contributed by atoms with Crippen molar-refractivity contribution >= 4 is 0 Å². The Morgan fingerprint density at radius 3 is 2.32 bits per heavy atom. The van der Waals surface area contributed by atoms with Gasteiger partial charge in [0.25, 0.3) is 0 Å². The minimum absolute atomic E-state index is 0.281. The fourth-order valence-electron chi connectivity index (χ4n) is 7.40. The van der Waals surface area contributed by atoms with Crippen LogP contribution < -0.4 is 4.74 Å². The summed E-state index contributed by atoms with van der Waals surface area (Å²) in [6.45, 7) is 8.51. The van der Waals surface area contributed by atoms with Gasteiger partial charge < -0.3 is 9.30 Å². The molecule has 1 aromatic heterocycles. The van der Waals surface area contributed by atoms with Crippen molar-refractivity contribution < 1.29 is 4.74 Å². The number of hydrogen-bond donors (Lipinski definition) is 0. The second-order valence-corrected chi connectivity index (χ2v) is 13.0. The molecule has 4 heteroatoms. The molecule has 0 amide bonds. The molecule has 0 spiro atoms. The van der Waals surface area contributed by atoms with E-state index in [1.807, 2.05) is 0 Å². The Morgan fingerprint density at radius 2 is 1.59 bits per heavy atom. The molecule has 44 heavy (non-hydrogen) atoms. The average Bonchev–Trinajstić information content (AvgIpc) is 3.70. The minimum Gasteiger partial charge on any atom is -0.493 e. The topological polar surface area (TPSA) is 30.3 Å². The van der Waals surface area contributed by atoms with Crippen LogP contribution in [0.25, 0.3) is 22.6 Å². The number of ether oxygens (including phenoxy) is 1. The maximum Gasteiger partial charge on any atom is 0.140 e. The summed E-state index contributed by atoms with van der Waals surface area (Å²) < 4.78 is 8.65. The van der Waals surface area contributed by atoms with Gasteiger partial charge in [-0.05, 0) is 48.8 Å². The predicted octanol–water partition coefficient (Wildman–Crippen LogP) is 10.3. The Bertz CT molecular complexity index is 1450. The second kappa shape index (κ2) is 15.1. The second-order valence-electron chi connectivity index (χ2n) is 13.0. The van der Waals surface area contributed by atoms with Crippen molar-refractivity contribution in [2.45, 2.75) is 104 Å². The molecule has 0 saturated heterocycles. The van der Waals surface area contributed by atoms with Crippen LogP contribution >= 0.6 is 0 Å². The number of nitrogens with zero attached hydrogens (tertiary/aromatic N) is 3. The van der Waals surface area contributed by atoms with Gasteiger partial charge >= 0.3 is 0 Å². The first kappa shape index (κ1) is 30.6. The van der Waals surface area contributed by atoms with Crippen LogP contribution in [0.1, 0.15) is 101 Å². The Balaban J connectivity index is 1.50. The highest BCUT2D eigenvalue weighted by molar-refractivity contribution is 5.69. The van der Waals surface area contributed by atoms with Crippen LogP contribution in [0.4, 0.5) is 0 Å². The zero-order valence-electron chi connectivity index (χ0n) is 27.0. The first-order valence-electron chi connectivity index (χ1n) is 17.4. The van der Waals surface area contributed by atoms with Crippen molar-refractivity contribution in [1.29, 1.82) is 0 Å². The Hall–Kier alpha value is -3.37. The highest BCUT2D eigenvalue weighted by Gasteiger charge is 2.32. The van der Waals surface area contributed by atoms with Gasteiger partial charge in [0.2, 0.25) is 0 Å². The van der Waals surface area contributed by atoms with Crippen LogP contribution in [0.3, 0.4) is 0 Å². The molecule has 1 aliphatic heterocycles. The van der Waals surface area contributed by atoms with E-state index in [2.05, 4.69) is 102 Å². The first-order chi connectivity index (χ1) is 21.7. The first-order valence-corrected chi connectivity index (χ1v) is 17.4. The van der Waals surface area contributed by atoms with Crippen LogP contribution in [-0.2, 0) is 19.5 Å². The summed E-state index contributed by atoms with van der Waals surface area (Å²) in [6.07, 6.45) is 13.7. The van der Waals surface area contributed by atoms with E-state index in [-0.39, 0.29) is 6.04 Å². The summed E-state index contributed by atoms with van der Waals surface area (Å²) in [5, 5.41) is 0. The van der Waals surface area contributed by atoms with E-state index >= 15 is 0 Å². The lowest BCUT2D eigenvalue weighted by atomic mass is 9.87. The van der Waals surface area contributed by atoms with E-state index < -0.39 is 0 Å². The molecule has 1 aliphatic carbocycles. The number of rotatable bonds is 14. The highest BCUT2D eigenvalue weighted by Crippen LogP contribution is 2.40. The van der Waals surface area contributed by atoms with Gasteiger partial charge in [0.15, 0.2) is 0 Å². The van der Waals surface area contributed by atoms with E-state index in [1.54, 1.807) is 0 Å². The molecule has 1 fully saturated rings. The molecule has 0 radical (unpaired) electrons. The van der Waals surface area contributed by atoms with Gasteiger partial charge in [0.05, 0.1) is 24.0 Å². The largest absolute Gasteiger partial charge is 0.493 e. The standard InChI is InChI=1S/C40H51N3O/c1-3-5-22-36(42(29-31-16-10-7-11-17-31)30-32-23-24-33-25-27-44-37(33)28-32)39-38(34-18-12-8-13-19-34)41-40(43(39)26-6-4-2)35-20-14-9-15-21-35/h8-9,12-15,18-21,23-24,28,31,36H,3-7,10-11,16-17,22,25-27,29-30H2,1-2H3/t36-/m1/s1. The minimum atomic E-state index is 0.281. The molecule has 0 N–H and O–H groups in total. The molecule has 6 rings (SSSR count). The van der Waals surface area contributed by atoms with Gasteiger partial charge in [-0.15, -0.1) is 0 Å². The third-order valence-corrected chi connectivity index (χ3v) is 9.77. The number of imidazole rings is 1. The molecule has 1 atom stereocenters. The fourth-order valence-corrected chi connectivity index (χ4v) is 7.40. The van der Waals surface area contributed by atoms with E-state index in [9.17, 15) is 0 Å². The summed E-state index contributed by atoms with van der Waals surface area (Å²) in [5.74, 6) is 2.95. The Morgan fingerprint density at radius 1 is 0.864 bits per heavy atom. The van der Waals surface area contributed by atoms with Gasteiger partial charge in [-0.3, -0.25) is 4.90 Å². The molecule has 1 saturated carbocycles. The van der Waals surface area contributed by atoms with E-state index in [1.165, 1.54) is 72.9 Å². The lowest BCUT2D eigenvalue weighted by Crippen LogP contribution is -2.35. The smallest absolute Gasteiger partial charge is 0.140 e. The van der Waals surface area contributed by atoms with Gasteiger partial charge in [0, 0.05) is 37.2 Å². The molecular formula is C40H51N3O. The number of benzene rings is 3. The van der Waals surface area contributed by atoms with Crippen molar-refractivity contribution in [2.24, 2.45) is 5.92 Å². The molecule has 3 aromatic carbocycles. The van der Waals surface area contributed by atoms with Gasteiger partial charge in [0.1, 0.15) is 11.6 Å². The average molecular weight is 590 g/mol. The van der Waals surface area contributed by atoms with Gasteiger partial charge in [-0.25, -0.2) is 4.98 Å². The van der Waals surface area contributed by atoms with Crippen LogP contribution in [0, 0.1) is 5.92 Å². The van der Waals surface area contributed by atoms with E-state index in [4.69, 9.17) is 9.72 Å². The van der Waals surface area contributed by atoms with Crippen molar-refractivity contribution in [3.05, 3.63) is 95.7 Å². The molecule has 4 nitrogen and oxygen atoms in total. The molecule has 232 valence electrons. The van der Waals surface area contributed by atoms with E-state index in [0.29, 0.717) is 0 Å². The molecule has 0 unspecified atom stereocenters. The van der Waals surface area contributed by atoms with Crippen molar-refractivity contribution in [3.63, 3.8) is 0 Å². The molecular weight excluding hydrogens is 538 g/mol. The molecule has 2 heterocycles.